The Hall–Kier alpha value is -2.24. The molecule has 1 heterocycles. The lowest BCUT2D eigenvalue weighted by atomic mass is 10.2. The number of hydrogen-bond acceptors (Lipinski definition) is 4. The number of hydrogen-bond donors (Lipinski definition) is 2. The van der Waals surface area contributed by atoms with E-state index in [4.69, 9.17) is 9.47 Å². The molecule has 0 radical (unpaired) electrons. The third kappa shape index (κ3) is 9.68. The highest BCUT2D eigenvalue weighted by Crippen LogP contribution is 2.19. The zero-order chi connectivity index (χ0) is 20.4. The van der Waals surface area contributed by atoms with E-state index in [0.717, 1.165) is 11.3 Å². The highest BCUT2D eigenvalue weighted by Gasteiger charge is 2.29. The largest absolute Gasteiger partial charge is 0.492 e. The second-order valence-electron chi connectivity index (χ2n) is 5.89. The van der Waals surface area contributed by atoms with Crippen molar-refractivity contribution in [3.63, 3.8) is 0 Å². The Balaban J connectivity index is 0.00000420. The predicted octanol–water partition coefficient (Wildman–Crippen LogP) is 3.69. The predicted molar refractivity (Wildman–Crippen MR) is 116 cm³/mol. The summed E-state index contributed by atoms with van der Waals surface area (Å²) in [6.07, 6.45) is -3.04. The Kier molecular flexibility index (Phi) is 10.6. The first-order valence-electron chi connectivity index (χ1n) is 8.65. The molecule has 0 spiro atoms. The van der Waals surface area contributed by atoms with Gasteiger partial charge in [0.05, 0.1) is 6.54 Å². The van der Waals surface area contributed by atoms with Crippen LogP contribution in [0, 0.1) is 6.92 Å². The molecule has 0 fully saturated rings. The van der Waals surface area contributed by atoms with Gasteiger partial charge in [-0.3, -0.25) is 4.99 Å². The fourth-order valence-electron chi connectivity index (χ4n) is 2.21. The van der Waals surface area contributed by atoms with Gasteiger partial charge in [-0.05, 0) is 25.1 Å². The molecule has 29 heavy (non-hydrogen) atoms. The molecule has 160 valence electrons. The van der Waals surface area contributed by atoms with Gasteiger partial charge in [0.15, 0.2) is 12.6 Å². The maximum atomic E-state index is 12.3. The molecule has 0 atom stereocenters. The van der Waals surface area contributed by atoms with Crippen LogP contribution in [0.2, 0.25) is 0 Å². The van der Waals surface area contributed by atoms with Crippen molar-refractivity contribution >= 4 is 29.9 Å². The number of nitrogens with one attached hydrogen (secondary N) is 2. The lowest BCUT2D eigenvalue weighted by Crippen LogP contribution is -2.39. The molecule has 0 unspecified atom stereocenters. The van der Waals surface area contributed by atoms with E-state index in [-0.39, 0.29) is 36.4 Å². The SMILES string of the molecule is CN=C(NCCOc1ccc(C)cc1)NCc1cccnc1OCC(F)(F)F.I. The monoisotopic (exact) mass is 524 g/mol. The molecule has 0 aliphatic carbocycles. The topological polar surface area (TPSA) is 67.8 Å². The summed E-state index contributed by atoms with van der Waals surface area (Å²) in [5, 5.41) is 6.08. The standard InChI is InChI=1S/C19H23F3N4O2.HI/c1-14-5-7-16(8-6-14)27-11-10-25-18(23-2)26-12-15-4-3-9-24-17(15)28-13-19(20,21)22;/h3-9H,10-13H2,1-2H3,(H2,23,25,26);1H. The van der Waals surface area contributed by atoms with E-state index in [1.807, 2.05) is 31.2 Å². The number of nitrogens with zero attached hydrogens (tertiary/aromatic N) is 2. The number of halogens is 4. The number of pyridine rings is 1. The van der Waals surface area contributed by atoms with Gasteiger partial charge in [-0.15, -0.1) is 24.0 Å². The van der Waals surface area contributed by atoms with Gasteiger partial charge in [0.2, 0.25) is 5.88 Å². The summed E-state index contributed by atoms with van der Waals surface area (Å²) in [5.74, 6) is 1.20. The zero-order valence-electron chi connectivity index (χ0n) is 16.1. The van der Waals surface area contributed by atoms with E-state index in [0.29, 0.717) is 24.7 Å². The van der Waals surface area contributed by atoms with Gasteiger partial charge in [-0.1, -0.05) is 23.8 Å². The Morgan fingerprint density at radius 1 is 1.10 bits per heavy atom. The van der Waals surface area contributed by atoms with Crippen LogP contribution in [0.1, 0.15) is 11.1 Å². The molecule has 0 saturated carbocycles. The van der Waals surface area contributed by atoms with Crippen LogP contribution in [0.3, 0.4) is 0 Å². The molecule has 0 aliphatic heterocycles. The van der Waals surface area contributed by atoms with Gasteiger partial charge in [0.1, 0.15) is 12.4 Å². The summed E-state index contributed by atoms with van der Waals surface area (Å²) >= 11 is 0. The number of guanidine groups is 1. The van der Waals surface area contributed by atoms with E-state index in [1.54, 1.807) is 19.2 Å². The average molecular weight is 524 g/mol. The molecule has 2 N–H and O–H groups in total. The zero-order valence-corrected chi connectivity index (χ0v) is 18.5. The number of rotatable bonds is 8. The summed E-state index contributed by atoms with van der Waals surface area (Å²) < 4.78 is 47.4. The molecule has 0 bridgehead atoms. The van der Waals surface area contributed by atoms with Gasteiger partial charge in [0.25, 0.3) is 0 Å². The van der Waals surface area contributed by atoms with Gasteiger partial charge in [-0.2, -0.15) is 13.2 Å². The van der Waals surface area contributed by atoms with Crippen LogP contribution >= 0.6 is 24.0 Å². The minimum atomic E-state index is -4.42. The summed E-state index contributed by atoms with van der Waals surface area (Å²) in [6, 6.07) is 11.0. The third-order valence-electron chi connectivity index (χ3n) is 3.58. The Morgan fingerprint density at radius 3 is 2.48 bits per heavy atom. The molecule has 6 nitrogen and oxygen atoms in total. The maximum Gasteiger partial charge on any atom is 0.422 e. The van der Waals surface area contributed by atoms with E-state index in [1.165, 1.54) is 6.20 Å². The lowest BCUT2D eigenvalue weighted by molar-refractivity contribution is -0.154. The number of aromatic nitrogens is 1. The fraction of sp³-hybridized carbons (Fsp3) is 0.368. The van der Waals surface area contributed by atoms with E-state index >= 15 is 0 Å². The average Bonchev–Trinajstić information content (AvgIpc) is 2.67. The first kappa shape index (κ1) is 24.8. The van der Waals surface area contributed by atoms with Gasteiger partial charge < -0.3 is 20.1 Å². The molecule has 1 aromatic heterocycles. The molecule has 0 amide bonds. The number of aliphatic imine (C=N–C) groups is 1. The van der Waals surface area contributed by atoms with Crippen molar-refractivity contribution in [2.45, 2.75) is 19.6 Å². The summed E-state index contributed by atoms with van der Waals surface area (Å²) in [5.41, 5.74) is 1.65. The maximum absolute atomic E-state index is 12.3. The molecule has 2 aromatic rings. The van der Waals surface area contributed by atoms with E-state index in [9.17, 15) is 13.2 Å². The van der Waals surface area contributed by atoms with E-state index < -0.39 is 12.8 Å². The first-order chi connectivity index (χ1) is 13.4. The van der Waals surface area contributed by atoms with Gasteiger partial charge in [-0.25, -0.2) is 4.98 Å². The number of aryl methyl sites for hydroxylation is 1. The molecule has 0 saturated heterocycles. The minimum Gasteiger partial charge on any atom is -0.492 e. The first-order valence-corrected chi connectivity index (χ1v) is 8.65. The summed E-state index contributed by atoms with van der Waals surface area (Å²) in [4.78, 5) is 7.93. The molecule has 2 rings (SSSR count). The quantitative estimate of drug-likeness (QED) is 0.239. The van der Waals surface area contributed by atoms with Crippen LogP contribution in [0.15, 0.2) is 47.6 Å². The normalized spacial score (nSPS) is 11.4. The van der Waals surface area contributed by atoms with Crippen LogP contribution in [0.25, 0.3) is 0 Å². The Labute approximate surface area is 184 Å². The number of ether oxygens (including phenoxy) is 2. The lowest BCUT2D eigenvalue weighted by Gasteiger charge is -2.15. The van der Waals surface area contributed by atoms with Gasteiger partial charge in [0, 0.05) is 25.4 Å². The summed E-state index contributed by atoms with van der Waals surface area (Å²) in [7, 11) is 1.60. The minimum absolute atomic E-state index is 0. The molecule has 10 heteroatoms. The number of alkyl halides is 3. The van der Waals surface area contributed by atoms with Crippen molar-refractivity contribution in [3.8, 4) is 11.6 Å². The van der Waals surface area contributed by atoms with Crippen molar-refractivity contribution < 1.29 is 22.6 Å². The Bertz CT molecular complexity index is 771. The van der Waals surface area contributed by atoms with Crippen LogP contribution in [-0.4, -0.2) is 43.9 Å². The van der Waals surface area contributed by atoms with Crippen molar-refractivity contribution in [3.05, 3.63) is 53.7 Å². The van der Waals surface area contributed by atoms with Crippen LogP contribution < -0.4 is 20.1 Å². The second-order valence-corrected chi connectivity index (χ2v) is 5.89. The van der Waals surface area contributed by atoms with Crippen molar-refractivity contribution in [1.82, 2.24) is 15.6 Å². The molecular formula is C19H24F3IN4O2. The highest BCUT2D eigenvalue weighted by atomic mass is 127. The van der Waals surface area contributed by atoms with Crippen molar-refractivity contribution in [2.24, 2.45) is 4.99 Å². The van der Waals surface area contributed by atoms with Crippen molar-refractivity contribution in [2.75, 3.05) is 26.8 Å². The summed E-state index contributed by atoms with van der Waals surface area (Å²) in [6.45, 7) is 1.75. The van der Waals surface area contributed by atoms with Crippen LogP contribution in [-0.2, 0) is 6.54 Å². The second kappa shape index (κ2) is 12.3. The highest BCUT2D eigenvalue weighted by molar-refractivity contribution is 14.0. The molecule has 1 aromatic carbocycles. The smallest absolute Gasteiger partial charge is 0.422 e. The van der Waals surface area contributed by atoms with E-state index in [2.05, 4.69) is 20.6 Å². The van der Waals surface area contributed by atoms with Gasteiger partial charge >= 0.3 is 6.18 Å². The fourth-order valence-corrected chi connectivity index (χ4v) is 2.21. The molecule has 0 aliphatic rings. The number of benzene rings is 1. The van der Waals surface area contributed by atoms with Crippen molar-refractivity contribution in [1.29, 1.82) is 0 Å². The van der Waals surface area contributed by atoms with Crippen LogP contribution in [0.5, 0.6) is 11.6 Å². The third-order valence-corrected chi connectivity index (χ3v) is 3.58. The molecular weight excluding hydrogens is 500 g/mol. The van der Waals surface area contributed by atoms with Crippen LogP contribution in [0.4, 0.5) is 13.2 Å². The Morgan fingerprint density at radius 2 is 1.83 bits per heavy atom.